The minimum atomic E-state index is -0.118. The first kappa shape index (κ1) is 17.7. The first-order valence-corrected chi connectivity index (χ1v) is 9.22. The molecule has 6 nitrogen and oxygen atoms in total. The van der Waals surface area contributed by atoms with E-state index in [1.807, 2.05) is 11.0 Å². The summed E-state index contributed by atoms with van der Waals surface area (Å²) < 4.78 is 0. The second-order valence-corrected chi connectivity index (χ2v) is 7.02. The standard InChI is InChI=1S/C19H28N4O2/c1-16-13-21(14-17-7-3-2-4-8-17)10-6-12-23(16)18(24)15-22-11-5-9-20-19(22)25/h2-4,7-8,16H,5-6,9-15H2,1H3,(H,20,25). The van der Waals surface area contributed by atoms with Crippen LogP contribution >= 0.6 is 0 Å². The molecule has 3 rings (SSSR count). The molecule has 2 heterocycles. The van der Waals surface area contributed by atoms with E-state index in [2.05, 4.69) is 41.4 Å². The average molecular weight is 344 g/mol. The number of urea groups is 1. The number of carbonyl (C=O) groups excluding carboxylic acids is 2. The molecule has 0 spiro atoms. The topological polar surface area (TPSA) is 55.9 Å². The summed E-state index contributed by atoms with van der Waals surface area (Å²) >= 11 is 0. The van der Waals surface area contributed by atoms with E-state index in [0.717, 1.165) is 39.0 Å². The zero-order chi connectivity index (χ0) is 17.6. The largest absolute Gasteiger partial charge is 0.338 e. The monoisotopic (exact) mass is 344 g/mol. The maximum Gasteiger partial charge on any atom is 0.317 e. The lowest BCUT2D eigenvalue weighted by atomic mass is 10.2. The number of carbonyl (C=O) groups is 2. The molecule has 0 saturated carbocycles. The van der Waals surface area contributed by atoms with Crippen LogP contribution in [0.5, 0.6) is 0 Å². The summed E-state index contributed by atoms with van der Waals surface area (Å²) in [6.45, 7) is 7.22. The van der Waals surface area contributed by atoms with E-state index in [1.165, 1.54) is 5.56 Å². The summed E-state index contributed by atoms with van der Waals surface area (Å²) in [5.74, 6) is 0.0612. The van der Waals surface area contributed by atoms with E-state index in [1.54, 1.807) is 4.90 Å². The van der Waals surface area contributed by atoms with E-state index < -0.39 is 0 Å². The van der Waals surface area contributed by atoms with Crippen LogP contribution in [0.1, 0.15) is 25.3 Å². The van der Waals surface area contributed by atoms with Crippen LogP contribution in [0, 0.1) is 0 Å². The Morgan fingerprint density at radius 1 is 1.16 bits per heavy atom. The molecule has 2 aliphatic heterocycles. The number of benzene rings is 1. The van der Waals surface area contributed by atoms with Crippen LogP contribution in [0.25, 0.3) is 0 Å². The summed E-state index contributed by atoms with van der Waals surface area (Å²) in [5.41, 5.74) is 1.31. The Kier molecular flexibility index (Phi) is 5.91. The summed E-state index contributed by atoms with van der Waals surface area (Å²) in [5, 5.41) is 2.81. The smallest absolute Gasteiger partial charge is 0.317 e. The number of amides is 3. The van der Waals surface area contributed by atoms with Gasteiger partial charge < -0.3 is 15.1 Å². The lowest BCUT2D eigenvalue weighted by Crippen LogP contribution is -2.52. The van der Waals surface area contributed by atoms with Gasteiger partial charge in [0.2, 0.25) is 5.91 Å². The van der Waals surface area contributed by atoms with E-state index >= 15 is 0 Å². The third-order valence-electron chi connectivity index (χ3n) is 4.99. The van der Waals surface area contributed by atoms with Gasteiger partial charge in [-0.3, -0.25) is 9.69 Å². The molecule has 1 aromatic rings. The van der Waals surface area contributed by atoms with Gasteiger partial charge in [-0.05, 0) is 25.3 Å². The highest BCUT2D eigenvalue weighted by Gasteiger charge is 2.28. The highest BCUT2D eigenvalue weighted by Crippen LogP contribution is 2.14. The Morgan fingerprint density at radius 3 is 2.72 bits per heavy atom. The molecule has 1 atom stereocenters. The molecule has 2 saturated heterocycles. The van der Waals surface area contributed by atoms with Gasteiger partial charge in [-0.15, -0.1) is 0 Å². The number of rotatable bonds is 4. The molecule has 136 valence electrons. The zero-order valence-corrected chi connectivity index (χ0v) is 15.0. The number of hydrogen-bond acceptors (Lipinski definition) is 3. The third-order valence-corrected chi connectivity index (χ3v) is 4.99. The quantitative estimate of drug-likeness (QED) is 0.901. The molecule has 2 fully saturated rings. The molecule has 6 heteroatoms. The van der Waals surface area contributed by atoms with E-state index in [-0.39, 0.29) is 24.5 Å². The molecule has 1 unspecified atom stereocenters. The third kappa shape index (κ3) is 4.72. The van der Waals surface area contributed by atoms with E-state index in [4.69, 9.17) is 0 Å². The Balaban J connectivity index is 1.56. The molecule has 25 heavy (non-hydrogen) atoms. The van der Waals surface area contributed by atoms with Crippen molar-refractivity contribution in [1.82, 2.24) is 20.0 Å². The fourth-order valence-electron chi connectivity index (χ4n) is 3.69. The molecule has 1 N–H and O–H groups in total. The van der Waals surface area contributed by atoms with Crippen molar-refractivity contribution in [1.29, 1.82) is 0 Å². The first-order chi connectivity index (χ1) is 12.1. The lowest BCUT2D eigenvalue weighted by Gasteiger charge is -2.33. The van der Waals surface area contributed by atoms with Crippen molar-refractivity contribution in [2.24, 2.45) is 0 Å². The fraction of sp³-hybridized carbons (Fsp3) is 0.579. The molecule has 2 aliphatic rings. The normalized spacial score (nSPS) is 22.4. The highest BCUT2D eigenvalue weighted by atomic mass is 16.2. The van der Waals surface area contributed by atoms with Crippen LogP contribution in [0.15, 0.2) is 30.3 Å². The molecule has 0 aromatic heterocycles. The van der Waals surface area contributed by atoms with Crippen LogP contribution in [0.2, 0.25) is 0 Å². The second kappa shape index (κ2) is 8.34. The molecule has 3 amide bonds. The van der Waals surface area contributed by atoms with E-state index in [0.29, 0.717) is 13.1 Å². The SMILES string of the molecule is CC1CN(Cc2ccccc2)CCCN1C(=O)CN1CCCNC1=O. The summed E-state index contributed by atoms with van der Waals surface area (Å²) in [6, 6.07) is 10.5. The van der Waals surface area contributed by atoms with Crippen molar-refractivity contribution < 1.29 is 9.59 Å². The van der Waals surface area contributed by atoms with Gasteiger partial charge in [0.25, 0.3) is 0 Å². The van der Waals surface area contributed by atoms with Crippen LogP contribution in [-0.2, 0) is 11.3 Å². The predicted molar refractivity (Wildman–Crippen MR) is 97.1 cm³/mol. The zero-order valence-electron chi connectivity index (χ0n) is 15.0. The highest BCUT2D eigenvalue weighted by molar-refractivity contribution is 5.84. The number of nitrogens with zero attached hydrogens (tertiary/aromatic N) is 3. The number of hydrogen-bond donors (Lipinski definition) is 1. The average Bonchev–Trinajstić information content (AvgIpc) is 2.79. The van der Waals surface area contributed by atoms with Crippen LogP contribution < -0.4 is 5.32 Å². The molecule has 0 radical (unpaired) electrons. The fourth-order valence-corrected chi connectivity index (χ4v) is 3.69. The Labute approximate surface area is 149 Å². The maximum atomic E-state index is 12.7. The maximum absolute atomic E-state index is 12.7. The molecule has 0 bridgehead atoms. The first-order valence-electron chi connectivity index (χ1n) is 9.22. The van der Waals surface area contributed by atoms with Gasteiger partial charge in [-0.2, -0.15) is 0 Å². The minimum absolute atomic E-state index is 0.0612. The van der Waals surface area contributed by atoms with Crippen molar-refractivity contribution in [3.63, 3.8) is 0 Å². The van der Waals surface area contributed by atoms with Gasteiger partial charge in [-0.25, -0.2) is 4.79 Å². The van der Waals surface area contributed by atoms with Gasteiger partial charge >= 0.3 is 6.03 Å². The molecular weight excluding hydrogens is 316 g/mol. The Morgan fingerprint density at radius 2 is 1.96 bits per heavy atom. The summed E-state index contributed by atoms with van der Waals surface area (Å²) in [7, 11) is 0. The lowest BCUT2D eigenvalue weighted by molar-refractivity contribution is -0.133. The van der Waals surface area contributed by atoms with E-state index in [9.17, 15) is 9.59 Å². The Bertz CT molecular complexity index is 592. The van der Waals surface area contributed by atoms with Crippen LogP contribution in [0.4, 0.5) is 4.79 Å². The second-order valence-electron chi connectivity index (χ2n) is 7.02. The van der Waals surface area contributed by atoms with Crippen molar-refractivity contribution in [3.8, 4) is 0 Å². The molecule has 1 aromatic carbocycles. The van der Waals surface area contributed by atoms with Crippen molar-refractivity contribution >= 4 is 11.9 Å². The van der Waals surface area contributed by atoms with Crippen molar-refractivity contribution in [2.45, 2.75) is 32.4 Å². The van der Waals surface area contributed by atoms with Gasteiger partial charge in [0.15, 0.2) is 0 Å². The molecule has 0 aliphatic carbocycles. The van der Waals surface area contributed by atoms with Crippen LogP contribution in [0.3, 0.4) is 0 Å². The van der Waals surface area contributed by atoms with Crippen molar-refractivity contribution in [2.75, 3.05) is 39.3 Å². The summed E-state index contributed by atoms with van der Waals surface area (Å²) in [4.78, 5) is 30.6. The van der Waals surface area contributed by atoms with Crippen LogP contribution in [-0.4, -0.2) is 71.9 Å². The van der Waals surface area contributed by atoms with Crippen molar-refractivity contribution in [3.05, 3.63) is 35.9 Å². The van der Waals surface area contributed by atoms with Gasteiger partial charge in [0, 0.05) is 45.3 Å². The Hall–Kier alpha value is -2.08. The van der Waals surface area contributed by atoms with Gasteiger partial charge in [0.05, 0.1) is 0 Å². The predicted octanol–water partition coefficient (Wildman–Crippen LogP) is 1.52. The van der Waals surface area contributed by atoms with Gasteiger partial charge in [0.1, 0.15) is 6.54 Å². The summed E-state index contributed by atoms with van der Waals surface area (Å²) in [6.07, 6.45) is 1.87. The molecular formula is C19H28N4O2. The van der Waals surface area contributed by atoms with Gasteiger partial charge in [-0.1, -0.05) is 30.3 Å². The number of nitrogens with one attached hydrogen (secondary N) is 1. The minimum Gasteiger partial charge on any atom is -0.338 e.